The average molecular weight is 389 g/mol. The van der Waals surface area contributed by atoms with Crippen LogP contribution in [-0.4, -0.2) is 57.0 Å². The Morgan fingerprint density at radius 2 is 2.07 bits per heavy atom. The van der Waals surface area contributed by atoms with Crippen LogP contribution in [0.25, 0.3) is 0 Å². The SMILES string of the molecule is COc1ccc(CN(C[C@H]2CCCO2)C(=O)C2CC2)cc1OCC1(C)COC1. The van der Waals surface area contributed by atoms with Gasteiger partial charge in [-0.2, -0.15) is 0 Å². The number of rotatable bonds is 9. The van der Waals surface area contributed by atoms with Crippen LogP contribution in [0.15, 0.2) is 18.2 Å². The van der Waals surface area contributed by atoms with Gasteiger partial charge in [-0.05, 0) is 43.4 Å². The molecule has 3 aliphatic rings. The zero-order chi connectivity index (χ0) is 19.6. The molecule has 0 spiro atoms. The monoisotopic (exact) mass is 389 g/mol. The van der Waals surface area contributed by atoms with Crippen molar-refractivity contribution in [2.45, 2.75) is 45.3 Å². The van der Waals surface area contributed by atoms with Gasteiger partial charge in [-0.3, -0.25) is 4.79 Å². The van der Waals surface area contributed by atoms with Gasteiger partial charge in [-0.15, -0.1) is 0 Å². The maximum absolute atomic E-state index is 12.8. The van der Waals surface area contributed by atoms with Crippen LogP contribution in [0, 0.1) is 11.3 Å². The maximum atomic E-state index is 12.8. The number of nitrogens with zero attached hydrogens (tertiary/aromatic N) is 1. The van der Waals surface area contributed by atoms with E-state index >= 15 is 0 Å². The molecule has 1 aromatic rings. The number of hydrogen-bond acceptors (Lipinski definition) is 5. The van der Waals surface area contributed by atoms with E-state index in [4.69, 9.17) is 18.9 Å². The van der Waals surface area contributed by atoms with E-state index in [1.54, 1.807) is 7.11 Å². The second-order valence-corrected chi connectivity index (χ2v) is 8.71. The van der Waals surface area contributed by atoms with Crippen molar-refractivity contribution in [2.75, 3.05) is 40.1 Å². The molecule has 28 heavy (non-hydrogen) atoms. The predicted octanol–water partition coefficient (Wildman–Crippen LogP) is 3.03. The lowest BCUT2D eigenvalue weighted by atomic mass is 9.90. The predicted molar refractivity (Wildman–Crippen MR) is 105 cm³/mol. The van der Waals surface area contributed by atoms with E-state index in [9.17, 15) is 4.79 Å². The first-order valence-electron chi connectivity index (χ1n) is 10.3. The Kier molecular flexibility index (Phi) is 5.78. The van der Waals surface area contributed by atoms with Gasteiger partial charge in [0.1, 0.15) is 0 Å². The number of methoxy groups -OCH3 is 1. The van der Waals surface area contributed by atoms with Crippen molar-refractivity contribution in [2.24, 2.45) is 11.3 Å². The second-order valence-electron chi connectivity index (χ2n) is 8.71. The Hall–Kier alpha value is -1.79. The van der Waals surface area contributed by atoms with Gasteiger partial charge < -0.3 is 23.8 Å². The molecule has 1 atom stereocenters. The molecule has 2 saturated heterocycles. The molecule has 4 rings (SSSR count). The third-order valence-electron chi connectivity index (χ3n) is 5.76. The van der Waals surface area contributed by atoms with Crippen molar-refractivity contribution < 1.29 is 23.7 Å². The zero-order valence-corrected chi connectivity index (χ0v) is 16.9. The summed E-state index contributed by atoms with van der Waals surface area (Å²) in [5, 5.41) is 0. The molecule has 0 aromatic heterocycles. The van der Waals surface area contributed by atoms with E-state index in [1.165, 1.54) is 0 Å². The van der Waals surface area contributed by atoms with Gasteiger partial charge in [0, 0.05) is 31.0 Å². The van der Waals surface area contributed by atoms with Crippen molar-refractivity contribution in [1.82, 2.24) is 4.90 Å². The van der Waals surface area contributed by atoms with E-state index in [-0.39, 0.29) is 23.3 Å². The van der Waals surface area contributed by atoms with Crippen LogP contribution >= 0.6 is 0 Å². The fourth-order valence-electron chi connectivity index (χ4n) is 3.79. The summed E-state index contributed by atoms with van der Waals surface area (Å²) in [5.74, 6) is 1.90. The highest BCUT2D eigenvalue weighted by Gasteiger charge is 2.36. The number of carbonyl (C=O) groups excluding carboxylic acids is 1. The number of ether oxygens (including phenoxy) is 4. The molecular weight excluding hydrogens is 358 g/mol. The Morgan fingerprint density at radius 1 is 1.25 bits per heavy atom. The molecule has 1 saturated carbocycles. The molecule has 0 radical (unpaired) electrons. The van der Waals surface area contributed by atoms with E-state index in [1.807, 2.05) is 23.1 Å². The van der Waals surface area contributed by atoms with Gasteiger partial charge in [0.2, 0.25) is 5.91 Å². The quantitative estimate of drug-likeness (QED) is 0.650. The highest BCUT2D eigenvalue weighted by atomic mass is 16.5. The van der Waals surface area contributed by atoms with Crippen molar-refractivity contribution in [3.05, 3.63) is 23.8 Å². The van der Waals surface area contributed by atoms with Gasteiger partial charge in [0.15, 0.2) is 11.5 Å². The normalized spacial score (nSPS) is 23.1. The summed E-state index contributed by atoms with van der Waals surface area (Å²) < 4.78 is 22.6. The summed E-state index contributed by atoms with van der Waals surface area (Å²) >= 11 is 0. The molecule has 1 amide bonds. The van der Waals surface area contributed by atoms with Crippen molar-refractivity contribution in [3.8, 4) is 11.5 Å². The van der Waals surface area contributed by atoms with Gasteiger partial charge in [-0.1, -0.05) is 13.0 Å². The summed E-state index contributed by atoms with van der Waals surface area (Å²) in [5.41, 5.74) is 1.12. The highest BCUT2D eigenvalue weighted by Crippen LogP contribution is 2.35. The van der Waals surface area contributed by atoms with Crippen molar-refractivity contribution >= 4 is 5.91 Å². The van der Waals surface area contributed by atoms with Gasteiger partial charge >= 0.3 is 0 Å². The molecule has 2 heterocycles. The van der Waals surface area contributed by atoms with Crippen LogP contribution in [0.5, 0.6) is 11.5 Å². The first-order chi connectivity index (χ1) is 13.6. The summed E-state index contributed by atoms with van der Waals surface area (Å²) in [6.07, 6.45) is 4.30. The molecule has 6 nitrogen and oxygen atoms in total. The Labute approximate surface area is 167 Å². The lowest BCUT2D eigenvalue weighted by Gasteiger charge is -2.37. The Morgan fingerprint density at radius 3 is 2.68 bits per heavy atom. The Bertz CT molecular complexity index is 692. The van der Waals surface area contributed by atoms with Crippen LogP contribution in [0.3, 0.4) is 0 Å². The fourth-order valence-corrected chi connectivity index (χ4v) is 3.79. The molecule has 6 heteroatoms. The third kappa shape index (κ3) is 4.61. The molecule has 0 bridgehead atoms. The largest absolute Gasteiger partial charge is 0.493 e. The summed E-state index contributed by atoms with van der Waals surface area (Å²) in [7, 11) is 1.65. The van der Waals surface area contributed by atoms with Crippen LogP contribution < -0.4 is 9.47 Å². The summed E-state index contributed by atoms with van der Waals surface area (Å²) in [6.45, 7) is 6.25. The zero-order valence-electron chi connectivity index (χ0n) is 16.9. The third-order valence-corrected chi connectivity index (χ3v) is 5.76. The fraction of sp³-hybridized carbons (Fsp3) is 0.682. The molecule has 3 fully saturated rings. The molecule has 0 N–H and O–H groups in total. The number of amides is 1. The van der Waals surface area contributed by atoms with E-state index in [0.29, 0.717) is 25.4 Å². The first-order valence-corrected chi connectivity index (χ1v) is 10.3. The van der Waals surface area contributed by atoms with Crippen LogP contribution in [0.1, 0.15) is 38.2 Å². The van der Waals surface area contributed by atoms with Gasteiger partial charge in [-0.25, -0.2) is 0 Å². The minimum Gasteiger partial charge on any atom is -0.493 e. The van der Waals surface area contributed by atoms with Crippen molar-refractivity contribution in [1.29, 1.82) is 0 Å². The van der Waals surface area contributed by atoms with Crippen LogP contribution in [0.4, 0.5) is 0 Å². The van der Waals surface area contributed by atoms with Gasteiger partial charge in [0.25, 0.3) is 0 Å². The lowest BCUT2D eigenvalue weighted by molar-refractivity contribution is -0.134. The van der Waals surface area contributed by atoms with E-state index in [0.717, 1.165) is 56.8 Å². The maximum Gasteiger partial charge on any atom is 0.226 e. The topological polar surface area (TPSA) is 57.2 Å². The first kappa shape index (κ1) is 19.5. The lowest BCUT2D eigenvalue weighted by Crippen LogP contribution is -2.44. The molecule has 1 aliphatic carbocycles. The van der Waals surface area contributed by atoms with E-state index in [2.05, 4.69) is 6.92 Å². The second kappa shape index (κ2) is 8.29. The van der Waals surface area contributed by atoms with Crippen molar-refractivity contribution in [3.63, 3.8) is 0 Å². The summed E-state index contributed by atoms with van der Waals surface area (Å²) in [6, 6.07) is 5.95. The summed E-state index contributed by atoms with van der Waals surface area (Å²) in [4.78, 5) is 14.8. The van der Waals surface area contributed by atoms with Gasteiger partial charge in [0.05, 0.1) is 33.0 Å². The minimum absolute atomic E-state index is 0.0643. The number of hydrogen-bond donors (Lipinski definition) is 0. The molecule has 2 aliphatic heterocycles. The highest BCUT2D eigenvalue weighted by molar-refractivity contribution is 5.81. The van der Waals surface area contributed by atoms with Crippen LogP contribution in [-0.2, 0) is 20.8 Å². The van der Waals surface area contributed by atoms with E-state index < -0.39 is 0 Å². The smallest absolute Gasteiger partial charge is 0.226 e. The molecule has 154 valence electrons. The molecular formula is C22H31NO5. The molecule has 0 unspecified atom stereocenters. The minimum atomic E-state index is 0.0643. The number of benzene rings is 1. The average Bonchev–Trinajstić information content (AvgIpc) is 3.41. The Balaban J connectivity index is 1.45. The number of carbonyl (C=O) groups is 1. The molecule has 1 aromatic carbocycles. The standard InChI is InChI=1S/C22H31NO5/c1-22(13-26-14-22)15-28-20-10-16(5-8-19(20)25-2)11-23(21(24)17-6-7-17)12-18-4-3-9-27-18/h5,8,10,17-18H,3-4,6-7,9,11-15H2,1-2H3/t18-/m1/s1. The van der Waals surface area contributed by atoms with Crippen LogP contribution in [0.2, 0.25) is 0 Å².